The molecule has 2 N–H and O–H groups in total. The first kappa shape index (κ1) is 8.53. The Kier molecular flexibility index (Phi) is 2.18. The Hall–Kier alpha value is -0.570. The molecule has 0 aromatic carbocycles. The van der Waals surface area contributed by atoms with Crippen molar-refractivity contribution >= 4 is 5.97 Å². The molecular weight excluding hydrogens is 142 g/mol. The molecule has 2 atom stereocenters. The van der Waals surface area contributed by atoms with E-state index in [1.165, 1.54) is 7.11 Å². The molecule has 0 bridgehead atoms. The highest BCUT2D eigenvalue weighted by atomic mass is 16.5. The summed E-state index contributed by atoms with van der Waals surface area (Å²) in [4.78, 5) is 11.0. The Morgan fingerprint density at radius 1 is 1.82 bits per heavy atom. The third-order valence-corrected chi connectivity index (χ3v) is 2.36. The quantitative estimate of drug-likeness (QED) is 0.613. The van der Waals surface area contributed by atoms with Gasteiger partial charge in [-0.05, 0) is 18.8 Å². The monoisotopic (exact) mass is 157 g/mol. The number of carbonyl (C=O) groups is 1. The maximum absolute atomic E-state index is 11.0. The molecule has 0 spiro atoms. The Balaban J connectivity index is 2.42. The number of methoxy groups -OCH3 is 1. The van der Waals surface area contributed by atoms with Gasteiger partial charge >= 0.3 is 5.97 Å². The number of hydrogen-bond donors (Lipinski definition) is 1. The third-order valence-electron chi connectivity index (χ3n) is 2.36. The van der Waals surface area contributed by atoms with E-state index in [2.05, 4.69) is 11.7 Å². The van der Waals surface area contributed by atoms with E-state index in [1.807, 2.05) is 0 Å². The van der Waals surface area contributed by atoms with Gasteiger partial charge in [-0.2, -0.15) is 0 Å². The van der Waals surface area contributed by atoms with Crippen LogP contribution in [0, 0.1) is 5.92 Å². The van der Waals surface area contributed by atoms with Crippen molar-refractivity contribution in [3.05, 3.63) is 0 Å². The SMILES string of the molecule is CCC[C@@H]1C[C@]1(N)C(=O)OC. The lowest BCUT2D eigenvalue weighted by atomic mass is 10.1. The summed E-state index contributed by atoms with van der Waals surface area (Å²) in [6.45, 7) is 2.09. The molecule has 1 fully saturated rings. The predicted octanol–water partition coefficient (Wildman–Crippen LogP) is 0.677. The Labute approximate surface area is 66.9 Å². The minimum absolute atomic E-state index is 0.254. The van der Waals surface area contributed by atoms with Crippen LogP contribution in [0.4, 0.5) is 0 Å². The molecule has 3 nitrogen and oxygen atoms in total. The van der Waals surface area contributed by atoms with Crippen LogP contribution in [0.1, 0.15) is 26.2 Å². The zero-order valence-corrected chi connectivity index (χ0v) is 7.09. The molecule has 1 saturated carbocycles. The number of carbonyl (C=O) groups excluding carboxylic acids is 1. The van der Waals surface area contributed by atoms with Gasteiger partial charge in [-0.1, -0.05) is 13.3 Å². The van der Waals surface area contributed by atoms with E-state index in [4.69, 9.17) is 5.73 Å². The molecule has 0 radical (unpaired) electrons. The second-order valence-corrected chi connectivity index (χ2v) is 3.22. The lowest BCUT2D eigenvalue weighted by Gasteiger charge is -2.07. The second-order valence-electron chi connectivity index (χ2n) is 3.22. The topological polar surface area (TPSA) is 52.3 Å². The Morgan fingerprint density at radius 2 is 2.45 bits per heavy atom. The fraction of sp³-hybridized carbons (Fsp3) is 0.875. The highest BCUT2D eigenvalue weighted by Gasteiger charge is 2.57. The van der Waals surface area contributed by atoms with Crippen molar-refractivity contribution in [2.45, 2.75) is 31.7 Å². The van der Waals surface area contributed by atoms with Gasteiger partial charge in [-0.3, -0.25) is 4.79 Å². The molecule has 3 heteroatoms. The third kappa shape index (κ3) is 1.38. The maximum Gasteiger partial charge on any atom is 0.326 e. The number of hydrogen-bond acceptors (Lipinski definition) is 3. The van der Waals surface area contributed by atoms with E-state index < -0.39 is 5.54 Å². The van der Waals surface area contributed by atoms with Crippen molar-refractivity contribution < 1.29 is 9.53 Å². The summed E-state index contributed by atoms with van der Waals surface area (Å²) in [6, 6.07) is 0. The van der Waals surface area contributed by atoms with E-state index in [9.17, 15) is 4.79 Å². The number of nitrogens with two attached hydrogens (primary N) is 1. The van der Waals surface area contributed by atoms with E-state index in [-0.39, 0.29) is 5.97 Å². The normalized spacial score (nSPS) is 35.0. The van der Waals surface area contributed by atoms with Crippen LogP contribution in [0.25, 0.3) is 0 Å². The van der Waals surface area contributed by atoms with Gasteiger partial charge in [-0.15, -0.1) is 0 Å². The molecule has 1 rings (SSSR count). The fourth-order valence-corrected chi connectivity index (χ4v) is 1.50. The minimum Gasteiger partial charge on any atom is -0.468 e. The van der Waals surface area contributed by atoms with Gasteiger partial charge in [-0.25, -0.2) is 0 Å². The van der Waals surface area contributed by atoms with Crippen molar-refractivity contribution in [2.24, 2.45) is 11.7 Å². The summed E-state index contributed by atoms with van der Waals surface area (Å²) in [7, 11) is 1.39. The average Bonchev–Trinajstić information content (AvgIpc) is 2.63. The number of ether oxygens (including phenoxy) is 1. The van der Waals surface area contributed by atoms with Crippen molar-refractivity contribution in [1.82, 2.24) is 0 Å². The molecule has 0 aromatic heterocycles. The molecule has 11 heavy (non-hydrogen) atoms. The smallest absolute Gasteiger partial charge is 0.326 e. The largest absolute Gasteiger partial charge is 0.468 e. The average molecular weight is 157 g/mol. The van der Waals surface area contributed by atoms with Gasteiger partial charge in [0.05, 0.1) is 7.11 Å². The highest BCUT2D eigenvalue weighted by molar-refractivity contribution is 5.84. The van der Waals surface area contributed by atoms with Crippen LogP contribution in [0.5, 0.6) is 0 Å². The van der Waals surface area contributed by atoms with Crippen LogP contribution in [-0.4, -0.2) is 18.6 Å². The van der Waals surface area contributed by atoms with E-state index in [0.29, 0.717) is 5.92 Å². The molecule has 0 unspecified atom stereocenters. The first-order valence-corrected chi connectivity index (χ1v) is 4.02. The lowest BCUT2D eigenvalue weighted by Crippen LogP contribution is -2.36. The fourth-order valence-electron chi connectivity index (χ4n) is 1.50. The van der Waals surface area contributed by atoms with E-state index in [1.54, 1.807) is 0 Å². The van der Waals surface area contributed by atoms with Gasteiger partial charge < -0.3 is 10.5 Å². The summed E-state index contributed by atoms with van der Waals surface area (Å²) in [5.74, 6) is 0.107. The Bertz CT molecular complexity index is 169. The van der Waals surface area contributed by atoms with E-state index in [0.717, 1.165) is 19.3 Å². The van der Waals surface area contributed by atoms with Gasteiger partial charge in [0, 0.05) is 0 Å². The maximum atomic E-state index is 11.0. The molecular formula is C8H15NO2. The molecule has 64 valence electrons. The van der Waals surface area contributed by atoms with Crippen molar-refractivity contribution in [2.75, 3.05) is 7.11 Å². The first-order chi connectivity index (χ1) is 5.15. The van der Waals surface area contributed by atoms with Crippen molar-refractivity contribution in [3.8, 4) is 0 Å². The second kappa shape index (κ2) is 2.81. The summed E-state index contributed by atoms with van der Waals surface area (Å²) >= 11 is 0. The van der Waals surface area contributed by atoms with Crippen LogP contribution in [0.3, 0.4) is 0 Å². The van der Waals surface area contributed by atoms with Crippen molar-refractivity contribution in [3.63, 3.8) is 0 Å². The van der Waals surface area contributed by atoms with Crippen LogP contribution >= 0.6 is 0 Å². The van der Waals surface area contributed by atoms with Gasteiger partial charge in [0.15, 0.2) is 0 Å². The number of esters is 1. The molecule has 0 amide bonds. The molecule has 1 aliphatic carbocycles. The van der Waals surface area contributed by atoms with Crippen LogP contribution < -0.4 is 5.73 Å². The summed E-state index contributed by atoms with van der Waals surface area (Å²) in [5.41, 5.74) is 5.12. The van der Waals surface area contributed by atoms with Gasteiger partial charge in [0.25, 0.3) is 0 Å². The van der Waals surface area contributed by atoms with Crippen LogP contribution in [-0.2, 0) is 9.53 Å². The zero-order valence-electron chi connectivity index (χ0n) is 7.09. The highest BCUT2D eigenvalue weighted by Crippen LogP contribution is 2.44. The molecule has 1 aliphatic rings. The van der Waals surface area contributed by atoms with E-state index >= 15 is 0 Å². The van der Waals surface area contributed by atoms with Crippen molar-refractivity contribution in [1.29, 1.82) is 0 Å². The lowest BCUT2D eigenvalue weighted by molar-refractivity contribution is -0.143. The standard InChI is InChI=1S/C8H15NO2/c1-3-4-6-5-8(6,9)7(10)11-2/h6H,3-5,9H2,1-2H3/t6-,8-/m1/s1. The summed E-state index contributed by atoms with van der Waals surface area (Å²) in [6.07, 6.45) is 2.92. The molecule has 0 aromatic rings. The van der Waals surface area contributed by atoms with Crippen LogP contribution in [0.15, 0.2) is 0 Å². The summed E-state index contributed by atoms with van der Waals surface area (Å²) < 4.78 is 4.59. The number of rotatable bonds is 3. The summed E-state index contributed by atoms with van der Waals surface area (Å²) in [5, 5.41) is 0. The predicted molar refractivity (Wildman–Crippen MR) is 41.9 cm³/mol. The molecule has 0 saturated heterocycles. The molecule has 0 aliphatic heterocycles. The van der Waals surface area contributed by atoms with Gasteiger partial charge in [0.2, 0.25) is 0 Å². The minimum atomic E-state index is -0.634. The first-order valence-electron chi connectivity index (χ1n) is 4.02. The Morgan fingerprint density at radius 3 is 2.91 bits per heavy atom. The van der Waals surface area contributed by atoms with Gasteiger partial charge in [0.1, 0.15) is 5.54 Å². The molecule has 0 heterocycles. The zero-order chi connectivity index (χ0) is 8.48. The van der Waals surface area contributed by atoms with Crippen LogP contribution in [0.2, 0.25) is 0 Å².